The maximum absolute atomic E-state index is 8.96. The zero-order valence-electron chi connectivity index (χ0n) is 12.1. The number of rotatable bonds is 6. The molecule has 0 radical (unpaired) electrons. The number of halogens is 1. The maximum Gasteiger partial charge on any atom is 0.106 e. The summed E-state index contributed by atoms with van der Waals surface area (Å²) in [5, 5.41) is 17.9. The second kappa shape index (κ2) is 7.39. The Bertz CT molecular complexity index is 360. The minimum atomic E-state index is -0.168. The van der Waals surface area contributed by atoms with Gasteiger partial charge in [-0.15, -0.1) is 0 Å². The number of aliphatic hydroxyl groups is 1. The molecule has 0 aromatic rings. The van der Waals surface area contributed by atoms with E-state index in [1.807, 2.05) is 6.92 Å². The molecule has 20 heavy (non-hydrogen) atoms. The largest absolute Gasteiger partial charge is 0.396 e. The van der Waals surface area contributed by atoms with Gasteiger partial charge in [-0.05, 0) is 39.0 Å². The van der Waals surface area contributed by atoms with Gasteiger partial charge in [-0.25, -0.2) is 0 Å². The Morgan fingerprint density at radius 1 is 1.45 bits per heavy atom. The van der Waals surface area contributed by atoms with Crippen molar-refractivity contribution in [1.29, 1.82) is 5.26 Å². The molecule has 0 bridgehead atoms. The van der Waals surface area contributed by atoms with Gasteiger partial charge in [-0.1, -0.05) is 22.6 Å². The fraction of sp³-hybridized carbons (Fsp3) is 0.933. The summed E-state index contributed by atoms with van der Waals surface area (Å²) < 4.78 is 13.5. The third-order valence-corrected chi connectivity index (χ3v) is 5.71. The first-order chi connectivity index (χ1) is 9.63. The van der Waals surface area contributed by atoms with Gasteiger partial charge < -0.3 is 14.6 Å². The van der Waals surface area contributed by atoms with Gasteiger partial charge in [0.1, 0.15) is 5.60 Å². The molecule has 5 heteroatoms. The molecule has 2 aliphatic heterocycles. The molecule has 2 saturated heterocycles. The molecule has 3 unspecified atom stereocenters. The quantitative estimate of drug-likeness (QED) is 0.557. The number of hydrogen-bond acceptors (Lipinski definition) is 4. The summed E-state index contributed by atoms with van der Waals surface area (Å²) in [5.74, 6) is 0.0512. The molecule has 2 heterocycles. The lowest BCUT2D eigenvalue weighted by Crippen LogP contribution is -2.50. The zero-order valence-corrected chi connectivity index (χ0v) is 14.2. The van der Waals surface area contributed by atoms with Crippen LogP contribution in [0.2, 0.25) is 0 Å². The van der Waals surface area contributed by atoms with E-state index in [-0.39, 0.29) is 36.4 Å². The van der Waals surface area contributed by atoms with Gasteiger partial charge in [0.25, 0.3) is 0 Å². The lowest BCUT2D eigenvalue weighted by Gasteiger charge is -2.41. The van der Waals surface area contributed by atoms with Crippen molar-refractivity contribution < 1.29 is 14.6 Å². The van der Waals surface area contributed by atoms with E-state index in [1.54, 1.807) is 0 Å². The Hall–Kier alpha value is 0.1000. The van der Waals surface area contributed by atoms with Crippen LogP contribution in [0.3, 0.4) is 0 Å². The molecular weight excluding hydrogens is 369 g/mol. The summed E-state index contributed by atoms with van der Waals surface area (Å²) in [4.78, 5) is 0. The molecule has 4 nitrogen and oxygen atoms in total. The second-order valence-electron chi connectivity index (χ2n) is 6.10. The van der Waals surface area contributed by atoms with Crippen molar-refractivity contribution in [3.8, 4) is 6.07 Å². The average molecular weight is 393 g/mol. The molecule has 0 aliphatic carbocycles. The number of ether oxygens (including phenoxy) is 2. The molecule has 2 aliphatic rings. The molecule has 2 fully saturated rings. The Balaban J connectivity index is 1.96. The Kier molecular flexibility index (Phi) is 6.09. The second-order valence-corrected chi connectivity index (χ2v) is 6.86. The van der Waals surface area contributed by atoms with Crippen molar-refractivity contribution in [2.45, 2.75) is 69.4 Å². The van der Waals surface area contributed by atoms with E-state index < -0.39 is 0 Å². The lowest BCUT2D eigenvalue weighted by molar-refractivity contribution is -0.155. The maximum atomic E-state index is 8.96. The number of nitriles is 1. The fourth-order valence-corrected chi connectivity index (χ4v) is 4.36. The van der Waals surface area contributed by atoms with Gasteiger partial charge in [0.2, 0.25) is 0 Å². The highest BCUT2D eigenvalue weighted by Gasteiger charge is 2.52. The molecule has 0 saturated carbocycles. The van der Waals surface area contributed by atoms with E-state index in [4.69, 9.17) is 19.8 Å². The summed E-state index contributed by atoms with van der Waals surface area (Å²) in [7, 11) is 0. The molecule has 0 spiro atoms. The van der Waals surface area contributed by atoms with Gasteiger partial charge in [-0.3, -0.25) is 0 Å². The Morgan fingerprint density at radius 2 is 2.25 bits per heavy atom. The first-order valence-corrected chi connectivity index (χ1v) is 9.06. The van der Waals surface area contributed by atoms with Crippen molar-refractivity contribution in [2.24, 2.45) is 5.92 Å². The van der Waals surface area contributed by atoms with E-state index in [0.717, 1.165) is 43.0 Å². The van der Waals surface area contributed by atoms with E-state index in [2.05, 4.69) is 28.7 Å². The van der Waals surface area contributed by atoms with Crippen molar-refractivity contribution >= 4 is 22.6 Å². The smallest absolute Gasteiger partial charge is 0.106 e. The Labute approximate surface area is 135 Å². The third-order valence-electron chi connectivity index (χ3n) is 4.42. The topological polar surface area (TPSA) is 62.5 Å². The third kappa shape index (κ3) is 3.65. The average Bonchev–Trinajstić information content (AvgIpc) is 2.83. The minimum Gasteiger partial charge on any atom is -0.396 e. The molecule has 114 valence electrons. The first kappa shape index (κ1) is 16.5. The summed E-state index contributed by atoms with van der Waals surface area (Å²) in [5.41, 5.74) is -0.168. The van der Waals surface area contributed by atoms with Crippen LogP contribution in [-0.2, 0) is 9.47 Å². The monoisotopic (exact) mass is 393 g/mol. The van der Waals surface area contributed by atoms with Crippen LogP contribution in [-0.4, -0.2) is 40.1 Å². The van der Waals surface area contributed by atoms with Crippen LogP contribution in [0.1, 0.15) is 45.4 Å². The number of nitrogens with zero attached hydrogens (tertiary/aromatic N) is 1. The van der Waals surface area contributed by atoms with E-state index >= 15 is 0 Å². The summed E-state index contributed by atoms with van der Waals surface area (Å²) in [6, 6.07) is 2.30. The van der Waals surface area contributed by atoms with Crippen LogP contribution < -0.4 is 0 Å². The number of alkyl halides is 1. The predicted octanol–water partition coefficient (Wildman–Crippen LogP) is 2.82. The number of hydrogen-bond donors (Lipinski definition) is 1. The summed E-state index contributed by atoms with van der Waals surface area (Å²) in [6.45, 7) is 2.19. The van der Waals surface area contributed by atoms with Gasteiger partial charge in [0, 0.05) is 23.4 Å². The standard InChI is InChI=1S/C15H24INO3/c1-11(9-17)7-12-4-5-14-15(10-16,20-12)8-13(19-14)3-2-6-18/h11-14,18H,2-8,10H2,1H3/t11-,12-,13?,14?,15?/m1/s1. The van der Waals surface area contributed by atoms with Crippen molar-refractivity contribution in [2.75, 3.05) is 11.0 Å². The molecule has 5 atom stereocenters. The number of aliphatic hydroxyl groups excluding tert-OH is 1. The molecule has 0 amide bonds. The normalized spacial score (nSPS) is 38.2. The van der Waals surface area contributed by atoms with Crippen molar-refractivity contribution in [3.63, 3.8) is 0 Å². The fourth-order valence-electron chi connectivity index (χ4n) is 3.38. The van der Waals surface area contributed by atoms with E-state index in [0.29, 0.717) is 0 Å². The van der Waals surface area contributed by atoms with Crippen LogP contribution in [0.15, 0.2) is 0 Å². The van der Waals surface area contributed by atoms with Crippen LogP contribution in [0.5, 0.6) is 0 Å². The highest BCUT2D eigenvalue weighted by Crippen LogP contribution is 2.44. The lowest BCUT2D eigenvalue weighted by atomic mass is 9.86. The minimum absolute atomic E-state index is 0.0512. The summed E-state index contributed by atoms with van der Waals surface area (Å²) in [6.07, 6.45) is 6.07. The Morgan fingerprint density at radius 3 is 2.90 bits per heavy atom. The van der Waals surface area contributed by atoms with E-state index in [9.17, 15) is 0 Å². The van der Waals surface area contributed by atoms with Gasteiger partial charge >= 0.3 is 0 Å². The van der Waals surface area contributed by atoms with Crippen LogP contribution in [0, 0.1) is 17.2 Å². The van der Waals surface area contributed by atoms with Crippen molar-refractivity contribution in [1.82, 2.24) is 0 Å². The van der Waals surface area contributed by atoms with Gasteiger partial charge in [0.15, 0.2) is 0 Å². The van der Waals surface area contributed by atoms with Crippen LogP contribution in [0.4, 0.5) is 0 Å². The van der Waals surface area contributed by atoms with Crippen LogP contribution >= 0.6 is 22.6 Å². The summed E-state index contributed by atoms with van der Waals surface area (Å²) >= 11 is 2.40. The first-order valence-electron chi connectivity index (χ1n) is 7.53. The van der Waals surface area contributed by atoms with Gasteiger partial charge in [-0.2, -0.15) is 5.26 Å². The van der Waals surface area contributed by atoms with E-state index in [1.165, 1.54) is 0 Å². The predicted molar refractivity (Wildman–Crippen MR) is 84.7 cm³/mol. The molecular formula is C15H24INO3. The van der Waals surface area contributed by atoms with Crippen molar-refractivity contribution in [3.05, 3.63) is 0 Å². The number of fused-ring (bicyclic) bond motifs is 1. The molecule has 0 aromatic heterocycles. The van der Waals surface area contributed by atoms with Crippen LogP contribution in [0.25, 0.3) is 0 Å². The molecule has 1 N–H and O–H groups in total. The molecule has 2 rings (SSSR count). The SMILES string of the molecule is C[C@@H](C#N)C[C@H]1CCC2OC(CCCO)CC2(CI)O1. The van der Waals surface area contributed by atoms with Gasteiger partial charge in [0.05, 0.1) is 24.4 Å². The highest BCUT2D eigenvalue weighted by atomic mass is 127. The highest BCUT2D eigenvalue weighted by molar-refractivity contribution is 14.1. The molecule has 0 aromatic carbocycles. The zero-order chi connectivity index (χ0) is 14.6.